The third-order valence-corrected chi connectivity index (χ3v) is 2.08. The molecule has 0 atom stereocenters. The van der Waals surface area contributed by atoms with Gasteiger partial charge >= 0.3 is 0 Å². The van der Waals surface area contributed by atoms with Crippen molar-refractivity contribution >= 4 is 0 Å². The summed E-state index contributed by atoms with van der Waals surface area (Å²) >= 11 is 0. The van der Waals surface area contributed by atoms with Crippen LogP contribution in [0.1, 0.15) is 11.1 Å². The quantitative estimate of drug-likeness (QED) is 0.636. The normalized spacial score (nSPS) is 10.6. The molecule has 4 N–H and O–H groups in total. The fourth-order valence-electron chi connectivity index (χ4n) is 1.28. The smallest absolute Gasteiger partial charge is 0.0717 e. The summed E-state index contributed by atoms with van der Waals surface area (Å²) in [6.45, 7) is 3.54. The summed E-state index contributed by atoms with van der Waals surface area (Å²) in [5, 5.41) is 0. The first kappa shape index (κ1) is 13.1. The van der Waals surface area contributed by atoms with Gasteiger partial charge in [0.15, 0.2) is 0 Å². The summed E-state index contributed by atoms with van der Waals surface area (Å²) in [6, 6.07) is 8.16. The highest BCUT2D eigenvalue weighted by molar-refractivity contribution is 5.21. The first-order valence-corrected chi connectivity index (χ1v) is 5.50. The Kier molecular flexibility index (Phi) is 6.76. The molecular weight excluding hydrogens is 204 g/mol. The number of nitrogens with two attached hydrogens (primary N) is 2. The molecule has 0 radical (unpaired) electrons. The van der Waals surface area contributed by atoms with Gasteiger partial charge in [-0.25, -0.2) is 0 Å². The molecule has 4 nitrogen and oxygen atoms in total. The van der Waals surface area contributed by atoms with Crippen LogP contribution in [0.15, 0.2) is 24.3 Å². The Morgan fingerprint density at radius 2 is 1.12 bits per heavy atom. The molecule has 0 aromatic heterocycles. The molecule has 0 amide bonds. The van der Waals surface area contributed by atoms with Crippen LogP contribution >= 0.6 is 0 Å². The predicted molar refractivity (Wildman–Crippen MR) is 63.9 cm³/mol. The lowest BCUT2D eigenvalue weighted by Gasteiger charge is -2.05. The molecule has 0 aliphatic rings. The van der Waals surface area contributed by atoms with E-state index in [4.69, 9.17) is 20.9 Å². The van der Waals surface area contributed by atoms with Crippen LogP contribution in [-0.2, 0) is 22.7 Å². The van der Waals surface area contributed by atoms with Crippen molar-refractivity contribution in [2.75, 3.05) is 26.3 Å². The summed E-state index contributed by atoms with van der Waals surface area (Å²) in [5.74, 6) is 0. The van der Waals surface area contributed by atoms with Crippen molar-refractivity contribution in [3.63, 3.8) is 0 Å². The SMILES string of the molecule is NCCOCc1ccc(COCCN)cc1. The largest absolute Gasteiger partial charge is 0.375 e. The van der Waals surface area contributed by atoms with Crippen LogP contribution in [0, 0.1) is 0 Å². The maximum absolute atomic E-state index is 5.33. The molecule has 0 bridgehead atoms. The van der Waals surface area contributed by atoms with Crippen molar-refractivity contribution in [1.29, 1.82) is 0 Å². The molecule has 0 saturated heterocycles. The second-order valence-corrected chi connectivity index (χ2v) is 3.50. The molecule has 1 aromatic rings. The Labute approximate surface area is 96.5 Å². The summed E-state index contributed by atoms with van der Waals surface area (Å²) in [7, 11) is 0. The fourth-order valence-corrected chi connectivity index (χ4v) is 1.28. The standard InChI is InChI=1S/C12H20N2O2/c13-5-7-15-9-11-1-2-12(4-3-11)10-16-8-6-14/h1-4H,5-10,13-14H2. The van der Waals surface area contributed by atoms with Crippen LogP contribution in [0.5, 0.6) is 0 Å². The van der Waals surface area contributed by atoms with E-state index in [0.717, 1.165) is 11.1 Å². The second-order valence-electron chi connectivity index (χ2n) is 3.50. The topological polar surface area (TPSA) is 70.5 Å². The third-order valence-electron chi connectivity index (χ3n) is 2.08. The minimum atomic E-state index is 0.561. The molecule has 0 spiro atoms. The predicted octanol–water partition coefficient (Wildman–Crippen LogP) is 0.637. The van der Waals surface area contributed by atoms with Crippen LogP contribution in [0.25, 0.3) is 0 Å². The summed E-state index contributed by atoms with van der Waals surface area (Å²) in [5.41, 5.74) is 13.0. The van der Waals surface area contributed by atoms with Crippen LogP contribution in [-0.4, -0.2) is 26.3 Å². The van der Waals surface area contributed by atoms with Gasteiger partial charge in [-0.05, 0) is 11.1 Å². The van der Waals surface area contributed by atoms with Gasteiger partial charge in [-0.1, -0.05) is 24.3 Å². The molecule has 4 heteroatoms. The van der Waals surface area contributed by atoms with E-state index >= 15 is 0 Å². The van der Waals surface area contributed by atoms with Crippen LogP contribution in [0.2, 0.25) is 0 Å². The molecule has 90 valence electrons. The van der Waals surface area contributed by atoms with E-state index < -0.39 is 0 Å². The van der Waals surface area contributed by atoms with Gasteiger partial charge in [0.25, 0.3) is 0 Å². The maximum Gasteiger partial charge on any atom is 0.0717 e. The van der Waals surface area contributed by atoms with Crippen molar-refractivity contribution in [2.24, 2.45) is 11.5 Å². The van der Waals surface area contributed by atoms with Crippen LogP contribution < -0.4 is 11.5 Å². The average Bonchev–Trinajstić information content (AvgIpc) is 2.32. The van der Waals surface area contributed by atoms with Gasteiger partial charge in [0.2, 0.25) is 0 Å². The highest BCUT2D eigenvalue weighted by Gasteiger charge is 1.95. The molecule has 0 saturated carbocycles. The minimum Gasteiger partial charge on any atom is -0.375 e. The first-order chi connectivity index (χ1) is 7.86. The number of ether oxygens (including phenoxy) is 2. The highest BCUT2D eigenvalue weighted by Crippen LogP contribution is 2.06. The van der Waals surface area contributed by atoms with E-state index in [-0.39, 0.29) is 0 Å². The van der Waals surface area contributed by atoms with Crippen molar-refractivity contribution < 1.29 is 9.47 Å². The molecule has 0 unspecified atom stereocenters. The number of benzene rings is 1. The average molecular weight is 224 g/mol. The summed E-state index contributed by atoms with van der Waals surface area (Å²) < 4.78 is 10.7. The molecule has 0 heterocycles. The van der Waals surface area contributed by atoms with E-state index in [2.05, 4.69) is 0 Å². The lowest BCUT2D eigenvalue weighted by Crippen LogP contribution is -2.08. The molecule has 0 aliphatic carbocycles. The Morgan fingerprint density at radius 3 is 1.44 bits per heavy atom. The van der Waals surface area contributed by atoms with Gasteiger partial charge in [-0.3, -0.25) is 0 Å². The Balaban J connectivity index is 2.30. The zero-order valence-electron chi connectivity index (χ0n) is 9.52. The fraction of sp³-hybridized carbons (Fsp3) is 0.500. The lowest BCUT2D eigenvalue weighted by atomic mass is 10.1. The van der Waals surface area contributed by atoms with E-state index in [1.807, 2.05) is 24.3 Å². The van der Waals surface area contributed by atoms with Gasteiger partial charge in [0.1, 0.15) is 0 Å². The lowest BCUT2D eigenvalue weighted by molar-refractivity contribution is 0.126. The van der Waals surface area contributed by atoms with Gasteiger partial charge in [-0.15, -0.1) is 0 Å². The summed E-state index contributed by atoms with van der Waals surface area (Å²) in [4.78, 5) is 0. The number of hydrogen-bond acceptors (Lipinski definition) is 4. The van der Waals surface area contributed by atoms with Crippen molar-refractivity contribution in [3.8, 4) is 0 Å². The second kappa shape index (κ2) is 8.24. The molecular formula is C12H20N2O2. The van der Waals surface area contributed by atoms with E-state index in [0.29, 0.717) is 39.5 Å². The zero-order chi connectivity index (χ0) is 11.6. The van der Waals surface area contributed by atoms with Gasteiger partial charge < -0.3 is 20.9 Å². The van der Waals surface area contributed by atoms with Gasteiger partial charge in [0, 0.05) is 13.1 Å². The summed E-state index contributed by atoms with van der Waals surface area (Å²) in [6.07, 6.45) is 0. The van der Waals surface area contributed by atoms with Gasteiger partial charge in [0.05, 0.1) is 26.4 Å². The van der Waals surface area contributed by atoms with Gasteiger partial charge in [-0.2, -0.15) is 0 Å². The molecule has 0 aliphatic heterocycles. The first-order valence-electron chi connectivity index (χ1n) is 5.50. The van der Waals surface area contributed by atoms with Crippen molar-refractivity contribution in [1.82, 2.24) is 0 Å². The van der Waals surface area contributed by atoms with Crippen molar-refractivity contribution in [3.05, 3.63) is 35.4 Å². The zero-order valence-corrected chi connectivity index (χ0v) is 9.52. The minimum absolute atomic E-state index is 0.561. The molecule has 1 aromatic carbocycles. The van der Waals surface area contributed by atoms with Crippen LogP contribution in [0.4, 0.5) is 0 Å². The Hall–Kier alpha value is -0.940. The highest BCUT2D eigenvalue weighted by atomic mass is 16.5. The van der Waals surface area contributed by atoms with Crippen LogP contribution in [0.3, 0.4) is 0 Å². The Bertz CT molecular complexity index is 246. The van der Waals surface area contributed by atoms with E-state index in [1.165, 1.54) is 0 Å². The number of rotatable bonds is 8. The molecule has 16 heavy (non-hydrogen) atoms. The van der Waals surface area contributed by atoms with E-state index in [1.54, 1.807) is 0 Å². The molecule has 1 rings (SSSR count). The molecule has 0 fully saturated rings. The Morgan fingerprint density at radius 1 is 0.750 bits per heavy atom. The number of hydrogen-bond donors (Lipinski definition) is 2. The monoisotopic (exact) mass is 224 g/mol. The third kappa shape index (κ3) is 5.23. The van der Waals surface area contributed by atoms with E-state index in [9.17, 15) is 0 Å². The maximum atomic E-state index is 5.33. The van der Waals surface area contributed by atoms with Crippen molar-refractivity contribution in [2.45, 2.75) is 13.2 Å².